The average Bonchev–Trinajstić information content (AvgIpc) is 2.91. The van der Waals surface area contributed by atoms with E-state index in [-0.39, 0.29) is 10.7 Å². The van der Waals surface area contributed by atoms with Crippen LogP contribution in [0.15, 0.2) is 41.3 Å². The van der Waals surface area contributed by atoms with Gasteiger partial charge in [0, 0.05) is 0 Å². The van der Waals surface area contributed by atoms with Gasteiger partial charge in [0.1, 0.15) is 21.7 Å². The first-order valence-electron chi connectivity index (χ1n) is 5.67. The summed E-state index contributed by atoms with van der Waals surface area (Å²) in [6.45, 7) is 0. The fourth-order valence-corrected chi connectivity index (χ4v) is 3.74. The highest BCUT2D eigenvalue weighted by Gasteiger charge is 2.22. The average molecular weight is 344 g/mol. The number of nitrogens with one attached hydrogen (secondary N) is 1. The number of sulfonamides is 1. The second kappa shape index (κ2) is 5.21. The highest BCUT2D eigenvalue weighted by molar-refractivity contribution is 7.92. The van der Waals surface area contributed by atoms with E-state index in [9.17, 15) is 12.8 Å². The van der Waals surface area contributed by atoms with Crippen LogP contribution >= 0.6 is 23.3 Å². The van der Waals surface area contributed by atoms with Gasteiger partial charge in [-0.05, 0) is 24.3 Å². The molecule has 2 aromatic carbocycles. The molecule has 1 heterocycles. The van der Waals surface area contributed by atoms with Gasteiger partial charge in [0.15, 0.2) is 0 Å². The van der Waals surface area contributed by atoms with E-state index in [0.717, 1.165) is 17.8 Å². The summed E-state index contributed by atoms with van der Waals surface area (Å²) in [5.41, 5.74) is 0.925. The second-order valence-corrected chi connectivity index (χ2v) is 6.68. The molecule has 1 aromatic heterocycles. The number of hydrogen-bond donors (Lipinski definition) is 1. The molecule has 1 N–H and O–H groups in total. The molecule has 0 aliphatic carbocycles. The van der Waals surface area contributed by atoms with Gasteiger partial charge in [0.2, 0.25) is 0 Å². The number of fused-ring (bicyclic) bond motifs is 1. The highest BCUT2D eigenvalue weighted by Crippen LogP contribution is 2.32. The minimum Gasteiger partial charge on any atom is -0.276 e. The van der Waals surface area contributed by atoms with Crippen LogP contribution in [-0.4, -0.2) is 17.2 Å². The Morgan fingerprint density at radius 1 is 1.14 bits per heavy atom. The molecule has 0 aliphatic heterocycles. The molecular formula is C12H7ClFN3O2S2. The van der Waals surface area contributed by atoms with E-state index < -0.39 is 20.7 Å². The molecule has 0 fully saturated rings. The van der Waals surface area contributed by atoms with Gasteiger partial charge in [-0.1, -0.05) is 23.7 Å². The normalized spacial score (nSPS) is 11.7. The topological polar surface area (TPSA) is 72.0 Å². The first-order chi connectivity index (χ1) is 9.99. The number of aromatic nitrogens is 2. The van der Waals surface area contributed by atoms with E-state index in [1.165, 1.54) is 24.3 Å². The zero-order valence-electron chi connectivity index (χ0n) is 10.2. The van der Waals surface area contributed by atoms with Gasteiger partial charge < -0.3 is 0 Å². The van der Waals surface area contributed by atoms with Crippen molar-refractivity contribution in [3.05, 3.63) is 47.2 Å². The lowest BCUT2D eigenvalue weighted by Gasteiger charge is -2.10. The maximum Gasteiger partial charge on any atom is 0.264 e. The van der Waals surface area contributed by atoms with E-state index in [1.54, 1.807) is 6.07 Å². The number of benzene rings is 2. The van der Waals surface area contributed by atoms with E-state index in [4.69, 9.17) is 11.6 Å². The van der Waals surface area contributed by atoms with Crippen LogP contribution in [0.25, 0.3) is 11.0 Å². The molecule has 0 aliphatic rings. The van der Waals surface area contributed by atoms with Gasteiger partial charge in [-0.3, -0.25) is 4.72 Å². The summed E-state index contributed by atoms with van der Waals surface area (Å²) in [6.07, 6.45) is 0. The van der Waals surface area contributed by atoms with Crippen LogP contribution < -0.4 is 4.72 Å². The van der Waals surface area contributed by atoms with Crippen molar-refractivity contribution in [3.63, 3.8) is 0 Å². The summed E-state index contributed by atoms with van der Waals surface area (Å²) in [6, 6.07) is 8.22. The monoisotopic (exact) mass is 343 g/mol. The van der Waals surface area contributed by atoms with Gasteiger partial charge in [0.25, 0.3) is 10.0 Å². The van der Waals surface area contributed by atoms with E-state index in [2.05, 4.69) is 13.5 Å². The molecule has 0 saturated heterocycles. The maximum atomic E-state index is 13.7. The summed E-state index contributed by atoms with van der Waals surface area (Å²) >= 11 is 6.94. The van der Waals surface area contributed by atoms with E-state index in [1.807, 2.05) is 0 Å². The Labute approximate surface area is 128 Å². The minimum atomic E-state index is -4.11. The fraction of sp³-hybridized carbons (Fsp3) is 0. The van der Waals surface area contributed by atoms with Crippen LogP contribution in [0, 0.1) is 5.82 Å². The molecule has 0 bridgehead atoms. The number of anilines is 1. The van der Waals surface area contributed by atoms with E-state index >= 15 is 0 Å². The molecule has 5 nitrogen and oxygen atoms in total. The minimum absolute atomic E-state index is 0.0890. The number of rotatable bonds is 3. The summed E-state index contributed by atoms with van der Waals surface area (Å²) < 4.78 is 48.5. The summed E-state index contributed by atoms with van der Waals surface area (Å²) in [7, 11) is -4.11. The molecule has 0 radical (unpaired) electrons. The molecule has 3 aromatic rings. The summed E-state index contributed by atoms with van der Waals surface area (Å²) in [5, 5.41) is 0.162. The lowest BCUT2D eigenvalue weighted by Crippen LogP contribution is -2.15. The molecule has 0 saturated carbocycles. The zero-order chi connectivity index (χ0) is 15.0. The molecule has 9 heteroatoms. The Bertz CT molecular complexity index is 927. The summed E-state index contributed by atoms with van der Waals surface area (Å²) in [4.78, 5) is -0.457. The van der Waals surface area contributed by atoms with Crippen molar-refractivity contribution in [3.8, 4) is 0 Å². The number of halogens is 2. The number of nitrogens with zero attached hydrogens (tertiary/aromatic N) is 2. The van der Waals surface area contributed by atoms with Crippen LogP contribution in [0.4, 0.5) is 10.1 Å². The van der Waals surface area contributed by atoms with Crippen molar-refractivity contribution < 1.29 is 12.8 Å². The third kappa shape index (κ3) is 2.57. The first kappa shape index (κ1) is 14.2. The van der Waals surface area contributed by atoms with Crippen molar-refractivity contribution in [2.45, 2.75) is 4.90 Å². The smallest absolute Gasteiger partial charge is 0.264 e. The fourth-order valence-electron chi connectivity index (χ4n) is 1.78. The van der Waals surface area contributed by atoms with Crippen molar-refractivity contribution in [1.29, 1.82) is 0 Å². The van der Waals surface area contributed by atoms with Crippen molar-refractivity contribution in [2.75, 3.05) is 4.72 Å². The van der Waals surface area contributed by atoms with Crippen molar-refractivity contribution >= 4 is 50.1 Å². The lowest BCUT2D eigenvalue weighted by atomic mass is 10.3. The molecule has 3 rings (SSSR count). The standard InChI is InChI=1S/C12H7ClFN3O2S2/c13-7-5-6-9-12(16-20-15-9)11(7)17-21(18,19)10-4-2-1-3-8(10)14/h1-6,17H. The highest BCUT2D eigenvalue weighted by atomic mass is 35.5. The Kier molecular flexibility index (Phi) is 3.52. The third-order valence-corrected chi connectivity index (χ3v) is 4.98. The largest absolute Gasteiger partial charge is 0.276 e. The Balaban J connectivity index is 2.12. The molecule has 0 unspecified atom stereocenters. The van der Waals surface area contributed by atoms with Gasteiger partial charge >= 0.3 is 0 Å². The van der Waals surface area contributed by atoms with Gasteiger partial charge in [0.05, 0.1) is 22.4 Å². The molecule has 108 valence electrons. The Hall–Kier alpha value is -1.77. The molecule has 0 amide bonds. The van der Waals surface area contributed by atoms with Crippen molar-refractivity contribution in [1.82, 2.24) is 8.75 Å². The third-order valence-electron chi connectivity index (χ3n) is 2.74. The van der Waals surface area contributed by atoms with Crippen LogP contribution in [-0.2, 0) is 10.0 Å². The van der Waals surface area contributed by atoms with Gasteiger partial charge in [-0.15, -0.1) is 0 Å². The Morgan fingerprint density at radius 3 is 2.67 bits per heavy atom. The maximum absolute atomic E-state index is 13.7. The van der Waals surface area contributed by atoms with Gasteiger partial charge in [-0.25, -0.2) is 12.8 Å². The number of hydrogen-bond acceptors (Lipinski definition) is 5. The predicted octanol–water partition coefficient (Wildman–Crippen LogP) is 3.28. The SMILES string of the molecule is O=S(=O)(Nc1c(Cl)ccc2nsnc12)c1ccccc1F. The molecule has 21 heavy (non-hydrogen) atoms. The van der Waals surface area contributed by atoms with Crippen LogP contribution in [0.1, 0.15) is 0 Å². The molecule has 0 spiro atoms. The van der Waals surface area contributed by atoms with Gasteiger partial charge in [-0.2, -0.15) is 8.75 Å². The lowest BCUT2D eigenvalue weighted by molar-refractivity contribution is 0.570. The van der Waals surface area contributed by atoms with E-state index in [0.29, 0.717) is 11.0 Å². The zero-order valence-corrected chi connectivity index (χ0v) is 12.6. The quantitative estimate of drug-likeness (QED) is 0.792. The van der Waals surface area contributed by atoms with Crippen LogP contribution in [0.2, 0.25) is 5.02 Å². The molecular weight excluding hydrogens is 337 g/mol. The predicted molar refractivity (Wildman–Crippen MR) is 79.6 cm³/mol. The first-order valence-corrected chi connectivity index (χ1v) is 8.26. The Morgan fingerprint density at radius 2 is 1.90 bits per heavy atom. The molecule has 0 atom stereocenters. The second-order valence-electron chi connectivity index (χ2n) is 4.09. The summed E-state index contributed by atoms with van der Waals surface area (Å²) in [5.74, 6) is -0.843. The van der Waals surface area contributed by atoms with Crippen molar-refractivity contribution in [2.24, 2.45) is 0 Å². The van der Waals surface area contributed by atoms with Crippen LogP contribution in [0.3, 0.4) is 0 Å². The van der Waals surface area contributed by atoms with Crippen LogP contribution in [0.5, 0.6) is 0 Å².